The Morgan fingerprint density at radius 2 is 1.58 bits per heavy atom. The first-order chi connectivity index (χ1) is 8.72. The first-order valence-electron chi connectivity index (χ1n) is 7.55. The van der Waals surface area contributed by atoms with Crippen molar-refractivity contribution >= 4 is 0 Å². The van der Waals surface area contributed by atoms with Crippen LogP contribution >= 0.6 is 0 Å². The van der Waals surface area contributed by atoms with Gasteiger partial charge in [-0.15, -0.1) is 0 Å². The molecule has 0 saturated heterocycles. The van der Waals surface area contributed by atoms with E-state index in [1.54, 1.807) is 0 Å². The molecule has 19 heavy (non-hydrogen) atoms. The van der Waals surface area contributed by atoms with Gasteiger partial charge in [0.05, 0.1) is 0 Å². The van der Waals surface area contributed by atoms with Gasteiger partial charge in [-0.25, -0.2) is 0 Å². The van der Waals surface area contributed by atoms with Crippen LogP contribution in [0.25, 0.3) is 0 Å². The molecule has 1 nitrogen and oxygen atoms in total. The lowest BCUT2D eigenvalue weighted by molar-refractivity contribution is 0.0547. The van der Waals surface area contributed by atoms with Gasteiger partial charge in [0.2, 0.25) is 0 Å². The van der Waals surface area contributed by atoms with E-state index in [4.69, 9.17) is 0 Å². The smallest absolute Gasteiger partial charge is 0.00882 e. The van der Waals surface area contributed by atoms with Crippen LogP contribution in [0.15, 0.2) is 18.2 Å². The lowest BCUT2D eigenvalue weighted by Gasteiger charge is -2.54. The number of hydrogen-bond donors (Lipinski definition) is 1. The van der Waals surface area contributed by atoms with Gasteiger partial charge in [0.15, 0.2) is 0 Å². The van der Waals surface area contributed by atoms with Crippen molar-refractivity contribution in [3.63, 3.8) is 0 Å². The molecule has 1 fully saturated rings. The Kier molecular flexibility index (Phi) is 3.79. The summed E-state index contributed by atoms with van der Waals surface area (Å²) < 4.78 is 0. The van der Waals surface area contributed by atoms with Crippen molar-refractivity contribution in [1.82, 2.24) is 5.32 Å². The van der Waals surface area contributed by atoms with E-state index in [9.17, 15) is 0 Å². The molecule has 1 saturated carbocycles. The van der Waals surface area contributed by atoms with Gasteiger partial charge in [-0.2, -0.15) is 0 Å². The van der Waals surface area contributed by atoms with Gasteiger partial charge < -0.3 is 5.32 Å². The Morgan fingerprint density at radius 3 is 2.00 bits per heavy atom. The predicted molar refractivity (Wildman–Crippen MR) is 83.7 cm³/mol. The molecular formula is C18H29N. The minimum Gasteiger partial charge on any atom is -0.314 e. The number of rotatable bonds is 4. The van der Waals surface area contributed by atoms with Gasteiger partial charge in [0, 0.05) is 18.0 Å². The summed E-state index contributed by atoms with van der Waals surface area (Å²) in [6.07, 6.45) is 2.59. The first kappa shape index (κ1) is 14.6. The SMILES string of the molecule is Cc1cc(C)cc(C2(CNC(C)C)CC(C)(C)C2)c1. The van der Waals surface area contributed by atoms with Gasteiger partial charge in [-0.05, 0) is 37.7 Å². The second-order valence-electron chi connectivity index (χ2n) is 7.71. The molecule has 0 spiro atoms. The molecule has 0 amide bonds. The molecular weight excluding hydrogens is 230 g/mol. The lowest BCUT2D eigenvalue weighted by atomic mass is 9.51. The molecule has 1 aliphatic rings. The third-order valence-electron chi connectivity index (χ3n) is 4.32. The van der Waals surface area contributed by atoms with E-state index < -0.39 is 0 Å². The van der Waals surface area contributed by atoms with Crippen molar-refractivity contribution in [2.45, 2.75) is 65.8 Å². The maximum Gasteiger partial charge on any atom is 0.00882 e. The Morgan fingerprint density at radius 1 is 1.05 bits per heavy atom. The normalized spacial score (nSPS) is 20.4. The molecule has 0 atom stereocenters. The summed E-state index contributed by atoms with van der Waals surface area (Å²) in [7, 11) is 0. The van der Waals surface area contributed by atoms with Crippen LogP contribution in [-0.4, -0.2) is 12.6 Å². The summed E-state index contributed by atoms with van der Waals surface area (Å²) in [5.74, 6) is 0. The van der Waals surface area contributed by atoms with Crippen molar-refractivity contribution in [1.29, 1.82) is 0 Å². The van der Waals surface area contributed by atoms with Crippen LogP contribution in [-0.2, 0) is 5.41 Å². The summed E-state index contributed by atoms with van der Waals surface area (Å²) in [5.41, 5.74) is 5.17. The fourth-order valence-corrected chi connectivity index (χ4v) is 3.89. The topological polar surface area (TPSA) is 12.0 Å². The average molecular weight is 259 g/mol. The van der Waals surface area contributed by atoms with E-state index >= 15 is 0 Å². The van der Waals surface area contributed by atoms with Crippen LogP contribution < -0.4 is 5.32 Å². The van der Waals surface area contributed by atoms with Crippen LogP contribution in [0, 0.1) is 19.3 Å². The third kappa shape index (κ3) is 3.20. The molecule has 1 aromatic rings. The van der Waals surface area contributed by atoms with Crippen molar-refractivity contribution < 1.29 is 0 Å². The Bertz CT molecular complexity index is 429. The zero-order valence-corrected chi connectivity index (χ0v) is 13.4. The van der Waals surface area contributed by atoms with Gasteiger partial charge in [0.1, 0.15) is 0 Å². The van der Waals surface area contributed by atoms with Crippen LogP contribution in [0.5, 0.6) is 0 Å². The second-order valence-corrected chi connectivity index (χ2v) is 7.71. The molecule has 106 valence electrons. The summed E-state index contributed by atoms with van der Waals surface area (Å²) in [6, 6.07) is 7.62. The molecule has 0 aliphatic heterocycles. The first-order valence-corrected chi connectivity index (χ1v) is 7.55. The monoisotopic (exact) mass is 259 g/mol. The molecule has 0 radical (unpaired) electrons. The highest BCUT2D eigenvalue weighted by Gasteiger charge is 2.49. The van der Waals surface area contributed by atoms with Crippen LogP contribution in [0.4, 0.5) is 0 Å². The standard InChI is InChI=1S/C18H29N/c1-13(2)19-12-18(10-17(5,6)11-18)16-8-14(3)7-15(4)9-16/h7-9,13,19H,10-12H2,1-6H3. The number of benzene rings is 1. The van der Waals surface area contributed by atoms with Crippen molar-refractivity contribution in [3.8, 4) is 0 Å². The lowest BCUT2D eigenvalue weighted by Crippen LogP contribution is -2.53. The van der Waals surface area contributed by atoms with E-state index in [2.05, 4.69) is 65.1 Å². The van der Waals surface area contributed by atoms with Gasteiger partial charge >= 0.3 is 0 Å². The minimum atomic E-state index is 0.352. The summed E-state index contributed by atoms with van der Waals surface area (Å²) in [4.78, 5) is 0. The Hall–Kier alpha value is -0.820. The number of nitrogens with one attached hydrogen (secondary N) is 1. The largest absolute Gasteiger partial charge is 0.314 e. The molecule has 1 aliphatic carbocycles. The number of aryl methyl sites for hydroxylation is 2. The molecule has 1 heteroatoms. The highest BCUT2D eigenvalue weighted by atomic mass is 14.9. The molecule has 0 unspecified atom stereocenters. The summed E-state index contributed by atoms with van der Waals surface area (Å²) in [6.45, 7) is 14.8. The van der Waals surface area contributed by atoms with Crippen LogP contribution in [0.1, 0.15) is 57.2 Å². The minimum absolute atomic E-state index is 0.352. The van der Waals surface area contributed by atoms with E-state index in [1.807, 2.05) is 0 Å². The number of hydrogen-bond acceptors (Lipinski definition) is 1. The van der Waals surface area contributed by atoms with Crippen molar-refractivity contribution in [2.75, 3.05) is 6.54 Å². The zero-order valence-electron chi connectivity index (χ0n) is 13.4. The van der Waals surface area contributed by atoms with Gasteiger partial charge in [0.25, 0.3) is 0 Å². The predicted octanol–water partition coefficient (Wildman–Crippen LogP) is 4.36. The van der Waals surface area contributed by atoms with Crippen LogP contribution in [0.3, 0.4) is 0 Å². The van der Waals surface area contributed by atoms with Crippen molar-refractivity contribution in [3.05, 3.63) is 34.9 Å². The van der Waals surface area contributed by atoms with Gasteiger partial charge in [-0.3, -0.25) is 0 Å². The maximum absolute atomic E-state index is 3.66. The highest BCUT2D eigenvalue weighted by molar-refractivity contribution is 5.37. The maximum atomic E-state index is 3.66. The molecule has 0 bridgehead atoms. The van der Waals surface area contributed by atoms with Gasteiger partial charge in [-0.1, -0.05) is 57.0 Å². The quantitative estimate of drug-likeness (QED) is 0.847. The molecule has 1 aromatic carbocycles. The molecule has 2 rings (SSSR count). The highest BCUT2D eigenvalue weighted by Crippen LogP contribution is 2.55. The van der Waals surface area contributed by atoms with E-state index in [1.165, 1.54) is 29.5 Å². The molecule has 0 aromatic heterocycles. The summed E-state index contributed by atoms with van der Waals surface area (Å²) in [5, 5.41) is 3.66. The third-order valence-corrected chi connectivity index (χ3v) is 4.32. The summed E-state index contributed by atoms with van der Waals surface area (Å²) >= 11 is 0. The van der Waals surface area contributed by atoms with Crippen molar-refractivity contribution in [2.24, 2.45) is 5.41 Å². The van der Waals surface area contributed by atoms with E-state index in [0.717, 1.165) is 6.54 Å². The van der Waals surface area contributed by atoms with Crippen LogP contribution in [0.2, 0.25) is 0 Å². The second kappa shape index (κ2) is 4.94. The fourth-order valence-electron chi connectivity index (χ4n) is 3.89. The van der Waals surface area contributed by atoms with E-state index in [-0.39, 0.29) is 0 Å². The average Bonchev–Trinajstić information content (AvgIpc) is 2.21. The molecule has 1 N–H and O–H groups in total. The molecule has 0 heterocycles. The Labute approximate surface area is 118 Å². The zero-order chi connectivity index (χ0) is 14.3. The van der Waals surface area contributed by atoms with E-state index in [0.29, 0.717) is 16.9 Å². The Balaban J connectivity index is 2.28. The fraction of sp³-hybridized carbons (Fsp3) is 0.667.